The summed E-state index contributed by atoms with van der Waals surface area (Å²) in [7, 11) is 0. The maximum Gasteiger partial charge on any atom is 0.255 e. The van der Waals surface area contributed by atoms with Crippen LogP contribution in [-0.2, 0) is 0 Å². The maximum atomic E-state index is 14.1. The highest BCUT2D eigenvalue weighted by Crippen LogP contribution is 2.33. The Morgan fingerprint density at radius 3 is 2.57 bits per heavy atom. The summed E-state index contributed by atoms with van der Waals surface area (Å²) in [6.07, 6.45) is 6.58. The van der Waals surface area contributed by atoms with Crippen LogP contribution >= 0.6 is 0 Å². The van der Waals surface area contributed by atoms with Crippen LogP contribution in [-0.4, -0.2) is 29.1 Å². The molecule has 1 saturated carbocycles. The Bertz CT molecular complexity index is 943. The van der Waals surface area contributed by atoms with E-state index in [4.69, 9.17) is 0 Å². The number of allylic oxidation sites excluding steroid dienone is 1. The number of aromatic nitrogens is 1. The third-order valence-electron chi connectivity index (χ3n) is 5.51. The summed E-state index contributed by atoms with van der Waals surface area (Å²) in [4.78, 5) is 19.1. The summed E-state index contributed by atoms with van der Waals surface area (Å²) in [6, 6.07) is 6.16. The van der Waals surface area contributed by atoms with Gasteiger partial charge in [-0.3, -0.25) is 9.78 Å². The number of aliphatic hydroxyl groups excluding tert-OH is 1. The largest absolute Gasteiger partial charge is 0.507 e. The van der Waals surface area contributed by atoms with Crippen LogP contribution in [0.25, 0.3) is 5.76 Å². The van der Waals surface area contributed by atoms with Crippen molar-refractivity contribution >= 4 is 23.0 Å². The molecule has 2 aromatic rings. The highest BCUT2D eigenvalue weighted by atomic mass is 19.1. The maximum absolute atomic E-state index is 14.1. The second-order valence-electron chi connectivity index (χ2n) is 7.51. The predicted molar refractivity (Wildman–Crippen MR) is 108 cm³/mol. The van der Waals surface area contributed by atoms with E-state index in [1.54, 1.807) is 18.3 Å². The molecule has 0 unspecified atom stereocenters. The number of pyridine rings is 1. The fraction of sp³-hybridized carbons (Fsp3) is 0.364. The average molecular weight is 381 g/mol. The lowest BCUT2D eigenvalue weighted by molar-refractivity contribution is 0.102. The van der Waals surface area contributed by atoms with Crippen molar-refractivity contribution in [1.29, 1.82) is 0 Å². The van der Waals surface area contributed by atoms with Crippen molar-refractivity contribution in [2.45, 2.75) is 39.0 Å². The van der Waals surface area contributed by atoms with E-state index in [0.29, 0.717) is 16.9 Å². The number of benzene rings is 1. The monoisotopic (exact) mass is 381 g/mol. The van der Waals surface area contributed by atoms with Gasteiger partial charge in [-0.2, -0.15) is 0 Å². The smallest absolute Gasteiger partial charge is 0.255 e. The van der Waals surface area contributed by atoms with Crippen LogP contribution in [0.2, 0.25) is 0 Å². The summed E-state index contributed by atoms with van der Waals surface area (Å²) < 4.78 is 14.1. The minimum absolute atomic E-state index is 0.259. The van der Waals surface area contributed by atoms with Gasteiger partial charge in [0.05, 0.1) is 11.9 Å². The molecular formula is C22H24FN3O2. The highest BCUT2D eigenvalue weighted by Gasteiger charge is 2.19. The Morgan fingerprint density at radius 1 is 1.14 bits per heavy atom. The SMILES string of the molecule is Cc1ncc(NC(=O)c2cc(F)cc(N3CCCC3)c2)cc1C(O)=C1CCC1. The molecule has 1 saturated heterocycles. The summed E-state index contributed by atoms with van der Waals surface area (Å²) in [5, 5.41) is 13.2. The highest BCUT2D eigenvalue weighted by molar-refractivity contribution is 6.05. The Morgan fingerprint density at radius 2 is 1.89 bits per heavy atom. The number of halogens is 1. The van der Waals surface area contributed by atoms with Gasteiger partial charge in [0.15, 0.2) is 0 Å². The Hall–Kier alpha value is -2.89. The van der Waals surface area contributed by atoms with Crippen LogP contribution in [0.5, 0.6) is 0 Å². The van der Waals surface area contributed by atoms with Crippen molar-refractivity contribution in [3.63, 3.8) is 0 Å². The molecule has 0 radical (unpaired) electrons. The van der Waals surface area contributed by atoms with Gasteiger partial charge in [0.1, 0.15) is 11.6 Å². The number of amides is 1. The number of nitrogens with one attached hydrogen (secondary N) is 1. The average Bonchev–Trinajstić information content (AvgIpc) is 3.16. The molecule has 1 aromatic heterocycles. The number of carbonyl (C=O) groups excluding carboxylic acids is 1. The Kier molecular flexibility index (Phi) is 5.03. The zero-order valence-electron chi connectivity index (χ0n) is 16.0. The lowest BCUT2D eigenvalue weighted by Crippen LogP contribution is -2.19. The second kappa shape index (κ2) is 7.62. The van der Waals surface area contributed by atoms with Gasteiger partial charge in [-0.15, -0.1) is 0 Å². The third-order valence-corrected chi connectivity index (χ3v) is 5.51. The molecule has 146 valence electrons. The molecule has 2 heterocycles. The molecule has 0 atom stereocenters. The summed E-state index contributed by atoms with van der Waals surface area (Å²) in [5.41, 5.74) is 3.84. The third kappa shape index (κ3) is 3.72. The fourth-order valence-electron chi connectivity index (χ4n) is 3.69. The number of rotatable bonds is 4. The van der Waals surface area contributed by atoms with Gasteiger partial charge in [0.2, 0.25) is 0 Å². The van der Waals surface area contributed by atoms with Crippen LogP contribution < -0.4 is 10.2 Å². The molecule has 1 aliphatic carbocycles. The van der Waals surface area contributed by atoms with E-state index in [-0.39, 0.29) is 11.3 Å². The summed E-state index contributed by atoms with van der Waals surface area (Å²) in [6.45, 7) is 3.58. The van der Waals surface area contributed by atoms with Gasteiger partial charge in [-0.1, -0.05) is 0 Å². The van der Waals surface area contributed by atoms with Gasteiger partial charge >= 0.3 is 0 Å². The summed E-state index contributed by atoms with van der Waals surface area (Å²) in [5.74, 6) is -0.564. The first kappa shape index (κ1) is 18.5. The molecule has 0 bridgehead atoms. The van der Waals surface area contributed by atoms with Crippen LogP contribution in [0.15, 0.2) is 36.0 Å². The van der Waals surface area contributed by atoms with Gasteiger partial charge in [0, 0.05) is 35.6 Å². The number of carbonyl (C=O) groups is 1. The molecule has 2 aliphatic rings. The fourth-order valence-corrected chi connectivity index (χ4v) is 3.69. The van der Waals surface area contributed by atoms with Crippen molar-refractivity contribution in [3.8, 4) is 0 Å². The number of hydrogen-bond donors (Lipinski definition) is 2. The van der Waals surface area contributed by atoms with Crippen molar-refractivity contribution in [2.75, 3.05) is 23.3 Å². The first-order valence-corrected chi connectivity index (χ1v) is 9.76. The van der Waals surface area contributed by atoms with Crippen LogP contribution in [0.1, 0.15) is 53.7 Å². The minimum Gasteiger partial charge on any atom is -0.507 e. The topological polar surface area (TPSA) is 65.5 Å². The molecule has 1 aromatic carbocycles. The molecule has 0 spiro atoms. The Labute approximate surface area is 163 Å². The van der Waals surface area contributed by atoms with Crippen molar-refractivity contribution in [3.05, 3.63) is 58.7 Å². The zero-order chi connectivity index (χ0) is 19.7. The van der Waals surface area contributed by atoms with Crippen molar-refractivity contribution in [1.82, 2.24) is 4.98 Å². The second-order valence-corrected chi connectivity index (χ2v) is 7.51. The van der Waals surface area contributed by atoms with Crippen LogP contribution in [0, 0.1) is 12.7 Å². The van der Waals surface area contributed by atoms with Gasteiger partial charge in [0.25, 0.3) is 5.91 Å². The normalized spacial score (nSPS) is 16.1. The number of nitrogens with zero attached hydrogens (tertiary/aromatic N) is 2. The number of anilines is 2. The Balaban J connectivity index is 1.57. The molecule has 2 N–H and O–H groups in total. The molecule has 4 rings (SSSR count). The summed E-state index contributed by atoms with van der Waals surface area (Å²) >= 11 is 0. The molecule has 1 aliphatic heterocycles. The minimum atomic E-state index is -0.426. The number of hydrogen-bond acceptors (Lipinski definition) is 4. The first-order valence-electron chi connectivity index (χ1n) is 9.76. The van der Waals surface area contributed by atoms with E-state index < -0.39 is 11.7 Å². The molecule has 1 amide bonds. The molecule has 5 nitrogen and oxygen atoms in total. The van der Waals surface area contributed by atoms with E-state index >= 15 is 0 Å². The lowest BCUT2D eigenvalue weighted by atomic mass is 9.89. The lowest BCUT2D eigenvalue weighted by Gasteiger charge is -2.20. The molecule has 6 heteroatoms. The standard InChI is InChI=1S/C22H24FN3O2/c1-14-20(21(27)15-5-4-6-15)12-18(13-24-14)25-22(28)16-9-17(23)11-19(10-16)26-7-2-3-8-26/h9-13,27H,2-8H2,1H3,(H,25,28). The van der Waals surface area contributed by atoms with Gasteiger partial charge < -0.3 is 15.3 Å². The van der Waals surface area contributed by atoms with Crippen molar-refractivity contribution in [2.24, 2.45) is 0 Å². The predicted octanol–water partition coefficient (Wildman–Crippen LogP) is 4.83. The number of aliphatic hydroxyl groups is 1. The van der Waals surface area contributed by atoms with E-state index in [1.807, 2.05) is 6.92 Å². The van der Waals surface area contributed by atoms with Crippen molar-refractivity contribution < 1.29 is 14.3 Å². The van der Waals surface area contributed by atoms with E-state index in [9.17, 15) is 14.3 Å². The van der Waals surface area contributed by atoms with E-state index in [1.165, 1.54) is 12.1 Å². The van der Waals surface area contributed by atoms with Gasteiger partial charge in [-0.25, -0.2) is 4.39 Å². The van der Waals surface area contributed by atoms with Crippen LogP contribution in [0.3, 0.4) is 0 Å². The van der Waals surface area contributed by atoms with Crippen LogP contribution in [0.4, 0.5) is 15.8 Å². The van der Waals surface area contributed by atoms with Gasteiger partial charge in [-0.05, 0) is 68.9 Å². The zero-order valence-corrected chi connectivity index (χ0v) is 16.0. The van der Waals surface area contributed by atoms with E-state index in [0.717, 1.165) is 56.5 Å². The first-order chi connectivity index (χ1) is 13.5. The molecule has 28 heavy (non-hydrogen) atoms. The molecular weight excluding hydrogens is 357 g/mol. The quantitative estimate of drug-likeness (QED) is 0.744. The number of aryl methyl sites for hydroxylation is 1. The van der Waals surface area contributed by atoms with E-state index in [2.05, 4.69) is 15.2 Å². The molecule has 2 fully saturated rings.